The zero-order valence-corrected chi connectivity index (χ0v) is 12.1. The van der Waals surface area contributed by atoms with E-state index >= 15 is 0 Å². The molecule has 1 aliphatic carbocycles. The standard InChI is InChI=1S/C16H22N4/c1-12-10-15(19-14-8-5-9-17-14)20-16(18-12)11-13-6-3-2-4-7-13/h5,8,10,13H,2-4,6-7,9,11H2,1H3,(H,17,18,19,20). The maximum absolute atomic E-state index is 4.65. The molecule has 0 atom stereocenters. The van der Waals surface area contributed by atoms with Crippen LogP contribution < -0.4 is 5.32 Å². The third-order valence-electron chi connectivity index (χ3n) is 4.00. The summed E-state index contributed by atoms with van der Waals surface area (Å²) in [5.41, 5.74) is 1.02. The molecule has 0 amide bonds. The predicted octanol–water partition coefficient (Wildman–Crippen LogP) is 3.29. The summed E-state index contributed by atoms with van der Waals surface area (Å²) in [4.78, 5) is 13.6. The highest BCUT2D eigenvalue weighted by atomic mass is 15.1. The highest BCUT2D eigenvalue weighted by Crippen LogP contribution is 2.26. The van der Waals surface area contributed by atoms with Crippen LogP contribution in [0.2, 0.25) is 0 Å². The maximum atomic E-state index is 4.65. The molecule has 2 aliphatic rings. The highest BCUT2D eigenvalue weighted by molar-refractivity contribution is 6.04. The van der Waals surface area contributed by atoms with Crippen molar-refractivity contribution in [2.45, 2.75) is 45.4 Å². The van der Waals surface area contributed by atoms with Gasteiger partial charge in [0.25, 0.3) is 0 Å². The molecule has 0 saturated heterocycles. The summed E-state index contributed by atoms with van der Waals surface area (Å²) < 4.78 is 0. The molecule has 3 rings (SSSR count). The van der Waals surface area contributed by atoms with Crippen LogP contribution in [0.3, 0.4) is 0 Å². The molecular formula is C16H22N4. The Morgan fingerprint density at radius 3 is 2.80 bits per heavy atom. The molecule has 4 nitrogen and oxygen atoms in total. The van der Waals surface area contributed by atoms with Crippen molar-refractivity contribution in [3.05, 3.63) is 29.7 Å². The minimum atomic E-state index is 0.765. The molecular weight excluding hydrogens is 248 g/mol. The highest BCUT2D eigenvalue weighted by Gasteiger charge is 2.16. The topological polar surface area (TPSA) is 50.2 Å². The summed E-state index contributed by atoms with van der Waals surface area (Å²) in [6, 6.07) is 1.99. The first-order chi connectivity index (χ1) is 9.79. The SMILES string of the molecule is Cc1cc(NC2=NCC=C2)nc(CC2CCCCC2)n1. The first-order valence-electron chi connectivity index (χ1n) is 7.62. The van der Waals surface area contributed by atoms with Gasteiger partial charge in [0, 0.05) is 18.2 Å². The van der Waals surface area contributed by atoms with Gasteiger partial charge in [-0.2, -0.15) is 0 Å². The molecule has 2 heterocycles. The molecule has 1 aromatic heterocycles. The summed E-state index contributed by atoms with van der Waals surface area (Å²) in [6.45, 7) is 2.80. The lowest BCUT2D eigenvalue weighted by molar-refractivity contribution is 0.351. The van der Waals surface area contributed by atoms with E-state index in [1.54, 1.807) is 0 Å². The van der Waals surface area contributed by atoms with Crippen LogP contribution in [-0.4, -0.2) is 22.3 Å². The van der Waals surface area contributed by atoms with Crippen LogP contribution in [0.15, 0.2) is 23.2 Å². The summed E-state index contributed by atoms with van der Waals surface area (Å²) in [7, 11) is 0. The molecule has 4 heteroatoms. The van der Waals surface area contributed by atoms with Gasteiger partial charge in [-0.3, -0.25) is 4.99 Å². The largest absolute Gasteiger partial charge is 0.325 e. The van der Waals surface area contributed by atoms with E-state index in [4.69, 9.17) is 0 Å². The van der Waals surface area contributed by atoms with E-state index in [0.717, 1.165) is 42.1 Å². The molecule has 20 heavy (non-hydrogen) atoms. The van der Waals surface area contributed by atoms with E-state index < -0.39 is 0 Å². The number of aromatic nitrogens is 2. The lowest BCUT2D eigenvalue weighted by Gasteiger charge is -2.21. The van der Waals surface area contributed by atoms with Crippen LogP contribution >= 0.6 is 0 Å². The van der Waals surface area contributed by atoms with Crippen LogP contribution in [-0.2, 0) is 6.42 Å². The maximum Gasteiger partial charge on any atom is 0.135 e. The number of anilines is 1. The van der Waals surface area contributed by atoms with E-state index in [2.05, 4.69) is 20.3 Å². The van der Waals surface area contributed by atoms with Crippen molar-refractivity contribution in [1.82, 2.24) is 9.97 Å². The summed E-state index contributed by atoms with van der Waals surface area (Å²) >= 11 is 0. The number of nitrogens with one attached hydrogen (secondary N) is 1. The van der Waals surface area contributed by atoms with Crippen molar-refractivity contribution >= 4 is 11.7 Å². The van der Waals surface area contributed by atoms with Crippen LogP contribution in [0.1, 0.15) is 43.6 Å². The van der Waals surface area contributed by atoms with Crippen molar-refractivity contribution in [2.24, 2.45) is 10.9 Å². The smallest absolute Gasteiger partial charge is 0.135 e. The molecule has 0 aromatic carbocycles. The molecule has 1 aromatic rings. The number of rotatable bonds is 3. The van der Waals surface area contributed by atoms with E-state index in [9.17, 15) is 0 Å². The molecule has 106 valence electrons. The summed E-state index contributed by atoms with van der Waals surface area (Å²) in [5.74, 6) is 3.50. The quantitative estimate of drug-likeness (QED) is 0.917. The molecule has 1 saturated carbocycles. The Morgan fingerprint density at radius 2 is 2.05 bits per heavy atom. The van der Waals surface area contributed by atoms with E-state index in [0.29, 0.717) is 0 Å². The van der Waals surface area contributed by atoms with E-state index in [1.165, 1.54) is 32.1 Å². The van der Waals surface area contributed by atoms with Crippen molar-refractivity contribution < 1.29 is 0 Å². The second kappa shape index (κ2) is 6.16. The van der Waals surface area contributed by atoms with Crippen LogP contribution in [0, 0.1) is 12.8 Å². The molecule has 0 bridgehead atoms. The molecule has 0 radical (unpaired) electrons. The van der Waals surface area contributed by atoms with Crippen LogP contribution in [0.4, 0.5) is 5.82 Å². The predicted molar refractivity (Wildman–Crippen MR) is 82.1 cm³/mol. The van der Waals surface area contributed by atoms with E-state index in [-0.39, 0.29) is 0 Å². The molecule has 0 spiro atoms. The average molecular weight is 270 g/mol. The number of aryl methyl sites for hydroxylation is 1. The second-order valence-electron chi connectivity index (χ2n) is 5.77. The lowest BCUT2D eigenvalue weighted by Crippen LogP contribution is -2.14. The summed E-state index contributed by atoms with van der Waals surface area (Å²) in [5, 5.41) is 3.27. The first-order valence-corrected chi connectivity index (χ1v) is 7.62. The van der Waals surface area contributed by atoms with Crippen LogP contribution in [0.5, 0.6) is 0 Å². The van der Waals surface area contributed by atoms with Crippen molar-refractivity contribution in [3.8, 4) is 0 Å². The fourth-order valence-electron chi connectivity index (χ4n) is 3.02. The Kier molecular flexibility index (Phi) is 4.09. The number of nitrogens with zero attached hydrogens (tertiary/aromatic N) is 3. The van der Waals surface area contributed by atoms with Gasteiger partial charge in [0.15, 0.2) is 0 Å². The number of aliphatic imine (C=N–C) groups is 1. The fraction of sp³-hybridized carbons (Fsp3) is 0.562. The minimum absolute atomic E-state index is 0.765. The van der Waals surface area contributed by atoms with Gasteiger partial charge in [-0.15, -0.1) is 0 Å². The van der Waals surface area contributed by atoms with Gasteiger partial charge in [-0.05, 0) is 18.9 Å². The first kappa shape index (κ1) is 13.3. The zero-order valence-electron chi connectivity index (χ0n) is 12.1. The monoisotopic (exact) mass is 270 g/mol. The van der Waals surface area contributed by atoms with Gasteiger partial charge in [0.2, 0.25) is 0 Å². The third kappa shape index (κ3) is 3.44. The van der Waals surface area contributed by atoms with Crippen molar-refractivity contribution in [2.75, 3.05) is 11.9 Å². The Bertz CT molecular complexity index is 527. The minimum Gasteiger partial charge on any atom is -0.325 e. The molecule has 1 aliphatic heterocycles. The molecule has 1 fully saturated rings. The fourth-order valence-corrected chi connectivity index (χ4v) is 3.02. The molecule has 1 N–H and O–H groups in total. The van der Waals surface area contributed by atoms with Gasteiger partial charge < -0.3 is 5.32 Å². The van der Waals surface area contributed by atoms with Gasteiger partial charge in [-0.1, -0.05) is 38.2 Å². The molecule has 0 unspecified atom stereocenters. The number of amidine groups is 1. The Labute approximate surface area is 120 Å². The Balaban J connectivity index is 1.70. The average Bonchev–Trinajstić information content (AvgIpc) is 2.92. The Morgan fingerprint density at radius 1 is 1.20 bits per heavy atom. The van der Waals surface area contributed by atoms with Gasteiger partial charge >= 0.3 is 0 Å². The Hall–Kier alpha value is -1.71. The second-order valence-corrected chi connectivity index (χ2v) is 5.77. The van der Waals surface area contributed by atoms with Crippen molar-refractivity contribution in [1.29, 1.82) is 0 Å². The normalized spacial score (nSPS) is 19.1. The third-order valence-corrected chi connectivity index (χ3v) is 4.00. The van der Waals surface area contributed by atoms with Crippen molar-refractivity contribution in [3.63, 3.8) is 0 Å². The van der Waals surface area contributed by atoms with E-state index in [1.807, 2.05) is 25.1 Å². The number of hydrogen-bond acceptors (Lipinski definition) is 4. The summed E-state index contributed by atoms with van der Waals surface area (Å²) in [6.07, 6.45) is 11.8. The number of hydrogen-bond donors (Lipinski definition) is 1. The van der Waals surface area contributed by atoms with Gasteiger partial charge in [0.05, 0.1) is 6.54 Å². The lowest BCUT2D eigenvalue weighted by atomic mass is 9.87. The van der Waals surface area contributed by atoms with Gasteiger partial charge in [0.1, 0.15) is 17.5 Å². The van der Waals surface area contributed by atoms with Gasteiger partial charge in [-0.25, -0.2) is 9.97 Å². The van der Waals surface area contributed by atoms with Crippen LogP contribution in [0.25, 0.3) is 0 Å². The zero-order chi connectivity index (χ0) is 13.8.